The molecule has 0 aliphatic heterocycles. The van der Waals surface area contributed by atoms with Crippen molar-refractivity contribution in [3.05, 3.63) is 29.8 Å². The van der Waals surface area contributed by atoms with Crippen molar-refractivity contribution in [1.29, 1.82) is 0 Å². The smallest absolute Gasteiger partial charge is 0.251 e. The van der Waals surface area contributed by atoms with Crippen molar-refractivity contribution in [1.82, 2.24) is 5.32 Å². The van der Waals surface area contributed by atoms with Gasteiger partial charge >= 0.3 is 0 Å². The zero-order valence-corrected chi connectivity index (χ0v) is 12.0. The van der Waals surface area contributed by atoms with Gasteiger partial charge in [-0.2, -0.15) is 0 Å². The lowest BCUT2D eigenvalue weighted by atomic mass is 10.0. The third-order valence-electron chi connectivity index (χ3n) is 2.77. The standard InChI is InChI=1S/C14H21NO2S/c1-4-9-14(2,17)10-15-13(16)11-5-7-12(18-3)8-6-11/h5-8,17H,4,9-10H2,1-3H3,(H,15,16). The average molecular weight is 267 g/mol. The Morgan fingerprint density at radius 2 is 2.00 bits per heavy atom. The first-order chi connectivity index (χ1) is 8.48. The summed E-state index contributed by atoms with van der Waals surface area (Å²) in [5.41, 5.74) is -0.205. The summed E-state index contributed by atoms with van der Waals surface area (Å²) in [6.07, 6.45) is 3.57. The fourth-order valence-electron chi connectivity index (χ4n) is 1.74. The summed E-state index contributed by atoms with van der Waals surface area (Å²) in [5.74, 6) is -0.140. The summed E-state index contributed by atoms with van der Waals surface area (Å²) < 4.78 is 0. The Labute approximate surface area is 113 Å². The normalized spacial score (nSPS) is 14.0. The number of thioether (sulfide) groups is 1. The first kappa shape index (κ1) is 15.1. The predicted molar refractivity (Wildman–Crippen MR) is 76.1 cm³/mol. The van der Waals surface area contributed by atoms with Crippen LogP contribution in [0.15, 0.2) is 29.2 Å². The highest BCUT2D eigenvalue weighted by atomic mass is 32.2. The Morgan fingerprint density at radius 1 is 1.39 bits per heavy atom. The van der Waals surface area contributed by atoms with Crippen LogP contribution in [-0.2, 0) is 0 Å². The molecule has 4 heteroatoms. The topological polar surface area (TPSA) is 49.3 Å². The summed E-state index contributed by atoms with van der Waals surface area (Å²) in [6.45, 7) is 4.04. The number of hydrogen-bond donors (Lipinski definition) is 2. The van der Waals surface area contributed by atoms with Crippen molar-refractivity contribution >= 4 is 17.7 Å². The molecule has 1 aromatic rings. The number of hydrogen-bond acceptors (Lipinski definition) is 3. The van der Waals surface area contributed by atoms with Gasteiger partial charge in [0, 0.05) is 17.0 Å². The molecule has 0 aliphatic carbocycles. The van der Waals surface area contributed by atoms with E-state index in [2.05, 4.69) is 5.32 Å². The van der Waals surface area contributed by atoms with Crippen LogP contribution in [0.1, 0.15) is 37.0 Å². The van der Waals surface area contributed by atoms with E-state index in [1.54, 1.807) is 30.8 Å². The van der Waals surface area contributed by atoms with Crippen LogP contribution in [0.25, 0.3) is 0 Å². The lowest BCUT2D eigenvalue weighted by Crippen LogP contribution is -2.40. The molecular formula is C14H21NO2S. The van der Waals surface area contributed by atoms with Crippen molar-refractivity contribution in [2.45, 2.75) is 37.2 Å². The van der Waals surface area contributed by atoms with Crippen LogP contribution in [0.5, 0.6) is 0 Å². The molecule has 0 saturated heterocycles. The number of rotatable bonds is 6. The SMILES string of the molecule is CCCC(C)(O)CNC(=O)c1ccc(SC)cc1. The molecule has 0 bridgehead atoms. The summed E-state index contributed by atoms with van der Waals surface area (Å²) in [5, 5.41) is 12.7. The maximum atomic E-state index is 11.9. The van der Waals surface area contributed by atoms with Gasteiger partial charge in [-0.05, 0) is 43.9 Å². The van der Waals surface area contributed by atoms with Gasteiger partial charge in [-0.1, -0.05) is 13.3 Å². The van der Waals surface area contributed by atoms with Crippen molar-refractivity contribution < 1.29 is 9.90 Å². The van der Waals surface area contributed by atoms with Crippen molar-refractivity contribution in [3.8, 4) is 0 Å². The van der Waals surface area contributed by atoms with E-state index < -0.39 is 5.60 Å². The molecule has 0 saturated carbocycles. The lowest BCUT2D eigenvalue weighted by Gasteiger charge is -2.22. The molecule has 1 rings (SSSR count). The molecule has 0 radical (unpaired) electrons. The predicted octanol–water partition coefficient (Wildman–Crippen LogP) is 2.69. The van der Waals surface area contributed by atoms with E-state index in [-0.39, 0.29) is 12.5 Å². The van der Waals surface area contributed by atoms with Gasteiger partial charge < -0.3 is 10.4 Å². The van der Waals surface area contributed by atoms with Crippen molar-refractivity contribution in [2.75, 3.05) is 12.8 Å². The zero-order chi connectivity index (χ0) is 13.6. The molecule has 0 aromatic heterocycles. The number of amides is 1. The van der Waals surface area contributed by atoms with Gasteiger partial charge in [0.2, 0.25) is 0 Å². The summed E-state index contributed by atoms with van der Waals surface area (Å²) in [4.78, 5) is 13.0. The minimum absolute atomic E-state index is 0.140. The van der Waals surface area contributed by atoms with E-state index in [1.165, 1.54) is 0 Å². The van der Waals surface area contributed by atoms with E-state index in [0.717, 1.165) is 11.3 Å². The highest BCUT2D eigenvalue weighted by molar-refractivity contribution is 7.98. The molecule has 1 atom stereocenters. The summed E-state index contributed by atoms with van der Waals surface area (Å²) in [7, 11) is 0. The fourth-order valence-corrected chi connectivity index (χ4v) is 2.15. The third kappa shape index (κ3) is 4.70. The molecule has 0 spiro atoms. The van der Waals surface area contributed by atoms with Gasteiger partial charge in [0.15, 0.2) is 0 Å². The van der Waals surface area contributed by atoms with Crippen LogP contribution in [-0.4, -0.2) is 29.4 Å². The Bertz CT molecular complexity index is 387. The molecule has 0 heterocycles. The summed E-state index contributed by atoms with van der Waals surface area (Å²) >= 11 is 1.64. The molecular weight excluding hydrogens is 246 g/mol. The van der Waals surface area contributed by atoms with E-state index in [0.29, 0.717) is 12.0 Å². The van der Waals surface area contributed by atoms with Crippen LogP contribution in [0.4, 0.5) is 0 Å². The highest BCUT2D eigenvalue weighted by Gasteiger charge is 2.20. The Kier molecular flexibility index (Phi) is 5.69. The molecule has 1 unspecified atom stereocenters. The molecule has 3 nitrogen and oxygen atoms in total. The molecule has 0 aliphatic rings. The quantitative estimate of drug-likeness (QED) is 0.779. The lowest BCUT2D eigenvalue weighted by molar-refractivity contribution is 0.0469. The Hall–Kier alpha value is -1.00. The van der Waals surface area contributed by atoms with Crippen LogP contribution in [0, 0.1) is 0 Å². The van der Waals surface area contributed by atoms with Crippen LogP contribution in [0.2, 0.25) is 0 Å². The minimum atomic E-state index is -0.830. The van der Waals surface area contributed by atoms with Gasteiger partial charge in [-0.25, -0.2) is 0 Å². The summed E-state index contributed by atoms with van der Waals surface area (Å²) in [6, 6.07) is 7.44. The first-order valence-corrected chi connectivity index (χ1v) is 7.35. The second kappa shape index (κ2) is 6.81. The van der Waals surface area contributed by atoms with Crippen LogP contribution < -0.4 is 5.32 Å². The molecule has 100 valence electrons. The minimum Gasteiger partial charge on any atom is -0.388 e. The van der Waals surface area contributed by atoms with Crippen molar-refractivity contribution in [3.63, 3.8) is 0 Å². The van der Waals surface area contributed by atoms with Crippen LogP contribution in [0.3, 0.4) is 0 Å². The second-order valence-corrected chi connectivity index (χ2v) is 5.54. The molecule has 18 heavy (non-hydrogen) atoms. The fraction of sp³-hybridized carbons (Fsp3) is 0.500. The largest absolute Gasteiger partial charge is 0.388 e. The third-order valence-corrected chi connectivity index (χ3v) is 3.51. The molecule has 0 fully saturated rings. The van der Waals surface area contributed by atoms with Gasteiger partial charge in [-0.3, -0.25) is 4.79 Å². The van der Waals surface area contributed by atoms with Gasteiger partial charge in [0.25, 0.3) is 5.91 Å². The van der Waals surface area contributed by atoms with Gasteiger partial charge in [-0.15, -0.1) is 11.8 Å². The van der Waals surface area contributed by atoms with E-state index in [9.17, 15) is 9.90 Å². The molecule has 1 aromatic carbocycles. The Morgan fingerprint density at radius 3 is 2.50 bits per heavy atom. The zero-order valence-electron chi connectivity index (χ0n) is 11.2. The van der Waals surface area contributed by atoms with Gasteiger partial charge in [0.05, 0.1) is 5.60 Å². The number of benzene rings is 1. The average Bonchev–Trinajstić information content (AvgIpc) is 2.36. The highest BCUT2D eigenvalue weighted by Crippen LogP contribution is 2.15. The number of carbonyl (C=O) groups is 1. The second-order valence-electron chi connectivity index (χ2n) is 4.66. The number of carbonyl (C=O) groups excluding carboxylic acids is 1. The molecule has 2 N–H and O–H groups in total. The Balaban J connectivity index is 2.54. The number of aliphatic hydroxyl groups is 1. The monoisotopic (exact) mass is 267 g/mol. The van der Waals surface area contributed by atoms with Crippen molar-refractivity contribution in [2.24, 2.45) is 0 Å². The van der Waals surface area contributed by atoms with E-state index >= 15 is 0 Å². The van der Waals surface area contributed by atoms with Gasteiger partial charge in [0.1, 0.15) is 0 Å². The molecule has 1 amide bonds. The van der Waals surface area contributed by atoms with E-state index in [4.69, 9.17) is 0 Å². The maximum Gasteiger partial charge on any atom is 0.251 e. The number of nitrogens with one attached hydrogen (secondary N) is 1. The van der Waals surface area contributed by atoms with Crippen LogP contribution >= 0.6 is 11.8 Å². The first-order valence-electron chi connectivity index (χ1n) is 6.13. The maximum absolute atomic E-state index is 11.9. The van der Waals surface area contributed by atoms with E-state index in [1.807, 2.05) is 25.3 Å².